The molecule has 1 aliphatic heterocycles. The number of hydrogen-bond acceptors (Lipinski definition) is 3. The third kappa shape index (κ3) is 3.71. The maximum Gasteiger partial charge on any atom is 0.272 e. The van der Waals surface area contributed by atoms with Gasteiger partial charge in [0.1, 0.15) is 5.69 Å². The lowest BCUT2D eigenvalue weighted by Gasteiger charge is -2.13. The van der Waals surface area contributed by atoms with Crippen LogP contribution >= 0.6 is 0 Å². The first-order valence-corrected chi connectivity index (χ1v) is 8.50. The fourth-order valence-corrected chi connectivity index (χ4v) is 3.19. The number of rotatable bonds is 5. The average molecular weight is 348 g/mol. The van der Waals surface area contributed by atoms with Gasteiger partial charge in [-0.3, -0.25) is 4.79 Å². The van der Waals surface area contributed by atoms with Gasteiger partial charge in [-0.05, 0) is 44.5 Å². The van der Waals surface area contributed by atoms with Crippen molar-refractivity contribution in [2.75, 3.05) is 26.2 Å². The van der Waals surface area contributed by atoms with E-state index in [4.69, 9.17) is 0 Å². The summed E-state index contributed by atoms with van der Waals surface area (Å²) in [6, 6.07) is 3.61. The molecule has 7 heteroatoms. The van der Waals surface area contributed by atoms with Gasteiger partial charge in [-0.2, -0.15) is 5.10 Å². The topological polar surface area (TPSA) is 50.2 Å². The van der Waals surface area contributed by atoms with Crippen molar-refractivity contribution in [3.8, 4) is 5.69 Å². The largest absolute Gasteiger partial charge is 0.350 e. The van der Waals surface area contributed by atoms with Gasteiger partial charge in [-0.25, -0.2) is 13.5 Å². The molecule has 0 bridgehead atoms. The normalized spacial score (nSPS) is 17.8. The Hall–Kier alpha value is -2.28. The van der Waals surface area contributed by atoms with E-state index in [9.17, 15) is 13.6 Å². The highest BCUT2D eigenvalue weighted by molar-refractivity contribution is 5.93. The second-order valence-corrected chi connectivity index (χ2v) is 6.43. The highest BCUT2D eigenvalue weighted by Gasteiger charge is 2.23. The first-order valence-electron chi connectivity index (χ1n) is 8.50. The van der Waals surface area contributed by atoms with Crippen molar-refractivity contribution in [1.82, 2.24) is 20.0 Å². The number of nitrogens with one attached hydrogen (secondary N) is 1. The standard InChI is InChI=1S/C18H22F2N4O/c1-3-23-8-7-13(11-23)9-21-18(25)16-12(2)10-24(22-16)17-14(19)5-4-6-15(17)20/h4-6,10,13H,3,7-9,11H2,1-2H3,(H,21,25)/t13-/m0/s1. The van der Waals surface area contributed by atoms with Crippen molar-refractivity contribution in [2.24, 2.45) is 5.92 Å². The molecule has 2 heterocycles. The Labute approximate surface area is 145 Å². The number of likely N-dealkylation sites (tertiary alicyclic amines) is 1. The Balaban J connectivity index is 1.71. The second-order valence-electron chi connectivity index (χ2n) is 6.43. The van der Waals surface area contributed by atoms with Crippen LogP contribution in [0.1, 0.15) is 29.4 Å². The van der Waals surface area contributed by atoms with E-state index < -0.39 is 11.6 Å². The van der Waals surface area contributed by atoms with E-state index in [1.807, 2.05) is 0 Å². The smallest absolute Gasteiger partial charge is 0.272 e. The van der Waals surface area contributed by atoms with E-state index in [1.54, 1.807) is 6.92 Å². The molecule has 0 unspecified atom stereocenters. The van der Waals surface area contributed by atoms with Crippen molar-refractivity contribution in [2.45, 2.75) is 20.3 Å². The molecule has 1 aromatic heterocycles. The molecular formula is C18H22F2N4O. The Morgan fingerprint density at radius 2 is 2.08 bits per heavy atom. The predicted octanol–water partition coefficient (Wildman–Crippen LogP) is 2.53. The third-order valence-electron chi connectivity index (χ3n) is 4.65. The summed E-state index contributed by atoms with van der Waals surface area (Å²) in [4.78, 5) is 14.7. The molecule has 1 fully saturated rings. The molecule has 134 valence electrons. The second kappa shape index (κ2) is 7.31. The molecule has 1 aromatic carbocycles. The first kappa shape index (κ1) is 17.5. The van der Waals surface area contributed by atoms with Crippen LogP contribution in [0.3, 0.4) is 0 Å². The van der Waals surface area contributed by atoms with Crippen LogP contribution in [-0.2, 0) is 0 Å². The van der Waals surface area contributed by atoms with Crippen molar-refractivity contribution in [3.63, 3.8) is 0 Å². The molecule has 0 aliphatic carbocycles. The van der Waals surface area contributed by atoms with Crippen molar-refractivity contribution in [1.29, 1.82) is 0 Å². The molecule has 1 amide bonds. The van der Waals surface area contributed by atoms with Gasteiger partial charge < -0.3 is 10.2 Å². The monoisotopic (exact) mass is 348 g/mol. The maximum atomic E-state index is 13.9. The average Bonchev–Trinajstić information content (AvgIpc) is 3.19. The van der Waals surface area contributed by atoms with Gasteiger partial charge in [0.05, 0.1) is 0 Å². The number of aromatic nitrogens is 2. The lowest BCUT2D eigenvalue weighted by atomic mass is 10.1. The van der Waals surface area contributed by atoms with Crippen molar-refractivity contribution in [3.05, 3.63) is 47.3 Å². The van der Waals surface area contributed by atoms with Crippen LogP contribution in [0.15, 0.2) is 24.4 Å². The number of carbonyl (C=O) groups is 1. The molecule has 5 nitrogen and oxygen atoms in total. The van der Waals surface area contributed by atoms with Gasteiger partial charge in [0.2, 0.25) is 0 Å². The van der Waals surface area contributed by atoms with Crippen LogP contribution in [0.2, 0.25) is 0 Å². The number of benzene rings is 1. The molecule has 25 heavy (non-hydrogen) atoms. The summed E-state index contributed by atoms with van der Waals surface area (Å²) in [7, 11) is 0. The van der Waals surface area contributed by atoms with E-state index in [1.165, 1.54) is 12.3 Å². The van der Waals surface area contributed by atoms with Gasteiger partial charge in [0.15, 0.2) is 17.3 Å². The number of hydrogen-bond donors (Lipinski definition) is 1. The van der Waals surface area contributed by atoms with E-state index in [0.717, 1.165) is 42.9 Å². The van der Waals surface area contributed by atoms with Crippen LogP contribution in [0, 0.1) is 24.5 Å². The van der Waals surface area contributed by atoms with Crippen LogP contribution in [0.4, 0.5) is 8.78 Å². The van der Waals surface area contributed by atoms with Crippen LogP contribution in [0.25, 0.3) is 5.69 Å². The molecule has 1 saturated heterocycles. The summed E-state index contributed by atoms with van der Waals surface area (Å²) in [6.45, 7) is 7.45. The SMILES string of the molecule is CCN1CC[C@@H](CNC(=O)c2nn(-c3c(F)cccc3F)cc2C)C1. The quantitative estimate of drug-likeness (QED) is 0.903. The number of amides is 1. The maximum absolute atomic E-state index is 13.9. The predicted molar refractivity (Wildman–Crippen MR) is 90.8 cm³/mol. The summed E-state index contributed by atoms with van der Waals surface area (Å²) in [5.41, 5.74) is 0.480. The molecule has 3 rings (SSSR count). The van der Waals surface area contributed by atoms with Gasteiger partial charge >= 0.3 is 0 Å². The molecule has 1 aliphatic rings. The van der Waals surface area contributed by atoms with Crippen LogP contribution in [0.5, 0.6) is 0 Å². The van der Waals surface area contributed by atoms with Gasteiger partial charge in [-0.1, -0.05) is 13.0 Å². The Bertz CT molecular complexity index is 754. The summed E-state index contributed by atoms with van der Waals surface area (Å²) in [5, 5.41) is 6.98. The number of carbonyl (C=O) groups excluding carboxylic acids is 1. The Morgan fingerprint density at radius 3 is 2.72 bits per heavy atom. The molecule has 1 N–H and O–H groups in total. The van der Waals surface area contributed by atoms with Crippen molar-refractivity contribution < 1.29 is 13.6 Å². The lowest BCUT2D eigenvalue weighted by molar-refractivity contribution is 0.0941. The van der Waals surface area contributed by atoms with Crippen molar-refractivity contribution >= 4 is 5.91 Å². The number of halogens is 2. The van der Waals surface area contributed by atoms with E-state index in [-0.39, 0.29) is 17.3 Å². The highest BCUT2D eigenvalue weighted by Crippen LogP contribution is 2.19. The summed E-state index contributed by atoms with van der Waals surface area (Å²) < 4.78 is 28.9. The zero-order chi connectivity index (χ0) is 18.0. The zero-order valence-electron chi connectivity index (χ0n) is 14.4. The first-order chi connectivity index (χ1) is 12.0. The zero-order valence-corrected chi connectivity index (χ0v) is 14.4. The van der Waals surface area contributed by atoms with E-state index >= 15 is 0 Å². The molecule has 0 saturated carbocycles. The molecular weight excluding hydrogens is 326 g/mol. The van der Waals surface area contributed by atoms with Gasteiger partial charge in [-0.15, -0.1) is 0 Å². The summed E-state index contributed by atoms with van der Waals surface area (Å²) >= 11 is 0. The minimum Gasteiger partial charge on any atom is -0.350 e. The van der Waals surface area contributed by atoms with E-state index in [0.29, 0.717) is 18.0 Å². The number of para-hydroxylation sites is 1. The Morgan fingerprint density at radius 1 is 1.36 bits per heavy atom. The number of aryl methyl sites for hydroxylation is 1. The summed E-state index contributed by atoms with van der Waals surface area (Å²) in [5.74, 6) is -1.33. The Kier molecular flexibility index (Phi) is 5.13. The molecule has 2 aromatic rings. The molecule has 0 spiro atoms. The molecule has 0 radical (unpaired) electrons. The van der Waals surface area contributed by atoms with Gasteiger partial charge in [0.25, 0.3) is 5.91 Å². The number of nitrogens with zero attached hydrogens (tertiary/aromatic N) is 3. The fourth-order valence-electron chi connectivity index (χ4n) is 3.19. The minimum atomic E-state index is -0.722. The van der Waals surface area contributed by atoms with Crippen LogP contribution < -0.4 is 5.32 Å². The minimum absolute atomic E-state index is 0.188. The fraction of sp³-hybridized carbons (Fsp3) is 0.444. The molecule has 1 atom stereocenters. The summed E-state index contributed by atoms with van der Waals surface area (Å²) in [6.07, 6.45) is 2.52. The van der Waals surface area contributed by atoms with Gasteiger partial charge in [0, 0.05) is 24.8 Å². The highest BCUT2D eigenvalue weighted by atomic mass is 19.1. The third-order valence-corrected chi connectivity index (χ3v) is 4.65. The van der Waals surface area contributed by atoms with E-state index in [2.05, 4.69) is 22.2 Å². The lowest BCUT2D eigenvalue weighted by Crippen LogP contribution is -2.31. The van der Waals surface area contributed by atoms with Crippen LogP contribution in [-0.4, -0.2) is 46.8 Å².